The van der Waals surface area contributed by atoms with Gasteiger partial charge in [-0.25, -0.2) is 0 Å². The molecule has 0 amide bonds. The van der Waals surface area contributed by atoms with Gasteiger partial charge < -0.3 is 9.47 Å². The van der Waals surface area contributed by atoms with E-state index in [0.717, 1.165) is 30.8 Å². The van der Waals surface area contributed by atoms with Crippen LogP contribution in [0.15, 0.2) is 24.3 Å². The highest BCUT2D eigenvalue weighted by molar-refractivity contribution is 5.32. The molecular formula is C15H24N2O2. The Labute approximate surface area is 115 Å². The first kappa shape index (κ1) is 14.3. The first-order valence-electron chi connectivity index (χ1n) is 7.02. The van der Waals surface area contributed by atoms with E-state index >= 15 is 0 Å². The predicted molar refractivity (Wildman–Crippen MR) is 75.9 cm³/mol. The van der Waals surface area contributed by atoms with Crippen LogP contribution in [0.25, 0.3) is 0 Å². The molecule has 1 heterocycles. The monoisotopic (exact) mass is 264 g/mol. The average Bonchev–Trinajstić information content (AvgIpc) is 2.41. The Morgan fingerprint density at radius 1 is 1.47 bits per heavy atom. The van der Waals surface area contributed by atoms with Crippen LogP contribution >= 0.6 is 0 Å². The summed E-state index contributed by atoms with van der Waals surface area (Å²) in [7, 11) is 0. The number of hydrogen-bond donors (Lipinski definition) is 2. The van der Waals surface area contributed by atoms with Crippen LogP contribution in [0.4, 0.5) is 0 Å². The van der Waals surface area contributed by atoms with Crippen molar-refractivity contribution in [2.75, 3.05) is 13.2 Å². The largest absolute Gasteiger partial charge is 0.494 e. The fourth-order valence-electron chi connectivity index (χ4n) is 2.76. The van der Waals surface area contributed by atoms with Gasteiger partial charge in [0.15, 0.2) is 0 Å². The third-order valence-electron chi connectivity index (χ3n) is 3.78. The minimum atomic E-state index is -0.252. The lowest BCUT2D eigenvalue weighted by atomic mass is 9.84. The summed E-state index contributed by atoms with van der Waals surface area (Å²) in [5, 5.41) is 0. The lowest BCUT2D eigenvalue weighted by Gasteiger charge is -2.40. The number of hydrazine groups is 1. The van der Waals surface area contributed by atoms with Gasteiger partial charge in [-0.2, -0.15) is 0 Å². The van der Waals surface area contributed by atoms with Crippen molar-refractivity contribution in [2.24, 2.45) is 5.84 Å². The highest BCUT2D eigenvalue weighted by Crippen LogP contribution is 2.36. The molecule has 0 bridgehead atoms. The average molecular weight is 264 g/mol. The molecule has 4 heteroatoms. The second kappa shape index (κ2) is 6.37. The van der Waals surface area contributed by atoms with Crippen molar-refractivity contribution in [3.8, 4) is 5.75 Å². The summed E-state index contributed by atoms with van der Waals surface area (Å²) in [6.07, 6.45) is 3.33. The van der Waals surface area contributed by atoms with Crippen molar-refractivity contribution in [1.82, 2.24) is 5.43 Å². The Morgan fingerprint density at radius 3 is 2.95 bits per heavy atom. The second-order valence-electron chi connectivity index (χ2n) is 5.22. The van der Waals surface area contributed by atoms with Crippen LogP contribution in [0.3, 0.4) is 0 Å². The molecule has 0 aliphatic carbocycles. The maximum atomic E-state index is 5.99. The van der Waals surface area contributed by atoms with E-state index in [1.807, 2.05) is 25.1 Å². The van der Waals surface area contributed by atoms with Crippen molar-refractivity contribution in [2.45, 2.75) is 44.8 Å². The first-order chi connectivity index (χ1) is 9.19. The summed E-state index contributed by atoms with van der Waals surface area (Å²) in [6.45, 7) is 5.58. The van der Waals surface area contributed by atoms with Gasteiger partial charge in [0.25, 0.3) is 0 Å². The molecule has 1 aromatic rings. The Kier molecular flexibility index (Phi) is 4.80. The standard InChI is InChI=1S/C15H24N2O2/c1-3-18-13-8-6-7-12(11-13)14(17-16)15(2)9-4-5-10-19-15/h6-8,11,14,17H,3-5,9-10,16H2,1-2H3. The zero-order valence-electron chi connectivity index (χ0n) is 11.8. The molecule has 1 aliphatic rings. The Morgan fingerprint density at radius 2 is 2.32 bits per heavy atom. The Bertz CT molecular complexity index is 403. The third-order valence-corrected chi connectivity index (χ3v) is 3.78. The van der Waals surface area contributed by atoms with Gasteiger partial charge in [-0.3, -0.25) is 11.3 Å². The van der Waals surface area contributed by atoms with Gasteiger partial charge in [0.1, 0.15) is 5.75 Å². The highest BCUT2D eigenvalue weighted by atomic mass is 16.5. The number of ether oxygens (including phenoxy) is 2. The normalized spacial score (nSPS) is 25.0. The fourth-order valence-corrected chi connectivity index (χ4v) is 2.76. The fraction of sp³-hybridized carbons (Fsp3) is 0.600. The van der Waals surface area contributed by atoms with E-state index in [1.54, 1.807) is 0 Å². The van der Waals surface area contributed by atoms with E-state index < -0.39 is 0 Å². The molecule has 106 valence electrons. The smallest absolute Gasteiger partial charge is 0.119 e. The number of rotatable bonds is 5. The maximum absolute atomic E-state index is 5.99. The van der Waals surface area contributed by atoms with Gasteiger partial charge in [0, 0.05) is 6.61 Å². The first-order valence-corrected chi connectivity index (χ1v) is 7.02. The molecule has 19 heavy (non-hydrogen) atoms. The van der Waals surface area contributed by atoms with Gasteiger partial charge in [0.05, 0.1) is 18.2 Å². The number of nitrogens with two attached hydrogens (primary N) is 1. The van der Waals surface area contributed by atoms with Gasteiger partial charge >= 0.3 is 0 Å². The van der Waals surface area contributed by atoms with Crippen LogP contribution in [-0.2, 0) is 4.74 Å². The van der Waals surface area contributed by atoms with E-state index in [0.29, 0.717) is 6.61 Å². The third kappa shape index (κ3) is 3.26. The van der Waals surface area contributed by atoms with E-state index in [1.165, 1.54) is 6.42 Å². The van der Waals surface area contributed by atoms with E-state index in [2.05, 4.69) is 18.4 Å². The van der Waals surface area contributed by atoms with Crippen LogP contribution in [-0.4, -0.2) is 18.8 Å². The quantitative estimate of drug-likeness (QED) is 0.634. The molecule has 0 aromatic heterocycles. The molecule has 2 unspecified atom stereocenters. The van der Waals surface area contributed by atoms with Crippen molar-refractivity contribution < 1.29 is 9.47 Å². The molecular weight excluding hydrogens is 240 g/mol. The van der Waals surface area contributed by atoms with Crippen LogP contribution in [0.5, 0.6) is 5.75 Å². The summed E-state index contributed by atoms with van der Waals surface area (Å²) in [4.78, 5) is 0. The minimum absolute atomic E-state index is 0.0202. The Balaban J connectivity index is 2.22. The van der Waals surface area contributed by atoms with Crippen molar-refractivity contribution in [3.63, 3.8) is 0 Å². The summed E-state index contributed by atoms with van der Waals surface area (Å²) >= 11 is 0. The molecule has 0 radical (unpaired) electrons. The summed E-state index contributed by atoms with van der Waals surface area (Å²) < 4.78 is 11.5. The zero-order chi connectivity index (χ0) is 13.7. The van der Waals surface area contributed by atoms with Crippen LogP contribution in [0.2, 0.25) is 0 Å². The molecule has 1 fully saturated rings. The van der Waals surface area contributed by atoms with Gasteiger partial charge in [-0.05, 0) is 50.8 Å². The van der Waals surface area contributed by atoms with Gasteiger partial charge in [0.2, 0.25) is 0 Å². The van der Waals surface area contributed by atoms with Crippen molar-refractivity contribution >= 4 is 0 Å². The summed E-state index contributed by atoms with van der Waals surface area (Å²) in [6, 6.07) is 8.04. The molecule has 1 saturated heterocycles. The molecule has 4 nitrogen and oxygen atoms in total. The van der Waals surface area contributed by atoms with Crippen LogP contribution < -0.4 is 16.0 Å². The second-order valence-corrected chi connectivity index (χ2v) is 5.22. The van der Waals surface area contributed by atoms with Crippen LogP contribution in [0.1, 0.15) is 44.7 Å². The lowest BCUT2D eigenvalue weighted by Crippen LogP contribution is -2.48. The maximum Gasteiger partial charge on any atom is 0.119 e. The molecule has 2 atom stereocenters. The van der Waals surface area contributed by atoms with Crippen LogP contribution in [0, 0.1) is 0 Å². The Hall–Kier alpha value is -1.10. The summed E-state index contributed by atoms with van der Waals surface area (Å²) in [5.41, 5.74) is 3.77. The molecule has 2 rings (SSSR count). The number of hydrogen-bond acceptors (Lipinski definition) is 4. The minimum Gasteiger partial charge on any atom is -0.494 e. The predicted octanol–water partition coefficient (Wildman–Crippen LogP) is 2.55. The number of benzene rings is 1. The molecule has 0 saturated carbocycles. The molecule has 1 aliphatic heterocycles. The van der Waals surface area contributed by atoms with E-state index in [4.69, 9.17) is 15.3 Å². The van der Waals surface area contributed by atoms with E-state index in [-0.39, 0.29) is 11.6 Å². The summed E-state index contributed by atoms with van der Waals surface area (Å²) in [5.74, 6) is 6.65. The lowest BCUT2D eigenvalue weighted by molar-refractivity contribution is -0.0899. The molecule has 0 spiro atoms. The highest BCUT2D eigenvalue weighted by Gasteiger charge is 2.37. The van der Waals surface area contributed by atoms with Gasteiger partial charge in [-0.15, -0.1) is 0 Å². The van der Waals surface area contributed by atoms with E-state index in [9.17, 15) is 0 Å². The SMILES string of the molecule is CCOc1cccc(C(NN)C2(C)CCCCO2)c1. The van der Waals surface area contributed by atoms with Crippen molar-refractivity contribution in [3.05, 3.63) is 29.8 Å². The molecule has 3 N–H and O–H groups in total. The van der Waals surface area contributed by atoms with Crippen molar-refractivity contribution in [1.29, 1.82) is 0 Å². The van der Waals surface area contributed by atoms with Gasteiger partial charge in [-0.1, -0.05) is 12.1 Å². The molecule has 1 aromatic carbocycles. The number of nitrogens with one attached hydrogen (secondary N) is 1. The zero-order valence-corrected chi connectivity index (χ0v) is 11.8. The topological polar surface area (TPSA) is 56.5 Å².